The van der Waals surface area contributed by atoms with Crippen molar-refractivity contribution >= 4 is 5.97 Å². The van der Waals surface area contributed by atoms with E-state index in [4.69, 9.17) is 13.9 Å². The molecule has 0 aromatic carbocycles. The zero-order chi connectivity index (χ0) is 21.7. The number of fused-ring (bicyclic) bond motifs is 1. The van der Waals surface area contributed by atoms with E-state index in [-0.39, 0.29) is 11.4 Å². The van der Waals surface area contributed by atoms with Gasteiger partial charge in [-0.3, -0.25) is 0 Å². The molecule has 0 N–H and O–H groups in total. The molecular formula is C26H34O4. The summed E-state index contributed by atoms with van der Waals surface area (Å²) in [5, 5.41) is 0. The Morgan fingerprint density at radius 2 is 2.20 bits per heavy atom. The molecule has 30 heavy (non-hydrogen) atoms. The van der Waals surface area contributed by atoms with Crippen LogP contribution in [0.15, 0.2) is 63.7 Å². The number of rotatable bonds is 8. The van der Waals surface area contributed by atoms with E-state index in [0.29, 0.717) is 23.0 Å². The SMILES string of the molecule is COC1=C(C)C(=O)O/C1=C\[C@@H](C)CCC/C(C)=C/C=C/[C@]1(C)CCCc2ccoc21. The van der Waals surface area contributed by atoms with Gasteiger partial charge in [-0.05, 0) is 82.9 Å². The Labute approximate surface area is 180 Å². The van der Waals surface area contributed by atoms with Crippen molar-refractivity contribution in [2.45, 2.75) is 71.6 Å². The molecule has 2 heterocycles. The third-order valence-electron chi connectivity index (χ3n) is 6.20. The summed E-state index contributed by atoms with van der Waals surface area (Å²) in [5.74, 6) is 2.24. The minimum Gasteiger partial charge on any atom is -0.492 e. The summed E-state index contributed by atoms with van der Waals surface area (Å²) in [5.41, 5.74) is 3.25. The van der Waals surface area contributed by atoms with Crippen LogP contribution in [0.2, 0.25) is 0 Å². The van der Waals surface area contributed by atoms with Gasteiger partial charge >= 0.3 is 5.97 Å². The van der Waals surface area contributed by atoms with Gasteiger partial charge in [0.1, 0.15) is 5.76 Å². The number of aryl methyl sites for hydroxylation is 1. The second-order valence-corrected chi connectivity index (χ2v) is 8.87. The number of carbonyl (C=O) groups excluding carboxylic acids is 1. The van der Waals surface area contributed by atoms with Crippen LogP contribution in [0.5, 0.6) is 0 Å². The summed E-state index contributed by atoms with van der Waals surface area (Å²) in [4.78, 5) is 11.7. The molecule has 2 aliphatic rings. The van der Waals surface area contributed by atoms with Crippen molar-refractivity contribution in [2.75, 3.05) is 7.11 Å². The zero-order valence-corrected chi connectivity index (χ0v) is 18.9. The van der Waals surface area contributed by atoms with E-state index < -0.39 is 0 Å². The lowest BCUT2D eigenvalue weighted by Crippen LogP contribution is -2.23. The number of methoxy groups -OCH3 is 1. The van der Waals surface area contributed by atoms with Crippen LogP contribution in [-0.4, -0.2) is 13.1 Å². The summed E-state index contributed by atoms with van der Waals surface area (Å²) >= 11 is 0. The number of carbonyl (C=O) groups is 1. The van der Waals surface area contributed by atoms with Crippen molar-refractivity contribution < 1.29 is 18.7 Å². The van der Waals surface area contributed by atoms with Crippen molar-refractivity contribution in [1.29, 1.82) is 0 Å². The number of hydrogen-bond acceptors (Lipinski definition) is 4. The van der Waals surface area contributed by atoms with Gasteiger partial charge in [0.05, 0.1) is 18.9 Å². The number of cyclic esters (lactones) is 1. The van der Waals surface area contributed by atoms with E-state index in [1.807, 2.05) is 12.3 Å². The van der Waals surface area contributed by atoms with Crippen LogP contribution in [-0.2, 0) is 26.1 Å². The van der Waals surface area contributed by atoms with Crippen LogP contribution in [0.4, 0.5) is 0 Å². The lowest BCUT2D eigenvalue weighted by atomic mass is 9.75. The summed E-state index contributed by atoms with van der Waals surface area (Å²) < 4.78 is 16.4. The van der Waals surface area contributed by atoms with Crippen molar-refractivity contribution in [1.82, 2.24) is 0 Å². The molecule has 1 aliphatic carbocycles. The van der Waals surface area contributed by atoms with Crippen molar-refractivity contribution in [3.05, 3.63) is 70.6 Å². The molecule has 1 aromatic rings. The second-order valence-electron chi connectivity index (χ2n) is 8.87. The van der Waals surface area contributed by atoms with Gasteiger partial charge in [-0.15, -0.1) is 0 Å². The summed E-state index contributed by atoms with van der Waals surface area (Å²) in [6.07, 6.45) is 17.1. The van der Waals surface area contributed by atoms with Gasteiger partial charge in [-0.25, -0.2) is 4.79 Å². The maximum atomic E-state index is 11.7. The van der Waals surface area contributed by atoms with Gasteiger partial charge in [0, 0.05) is 5.41 Å². The predicted octanol–water partition coefficient (Wildman–Crippen LogP) is 6.54. The molecule has 0 amide bonds. The molecule has 2 atom stereocenters. The van der Waals surface area contributed by atoms with Gasteiger partial charge in [0.2, 0.25) is 0 Å². The highest BCUT2D eigenvalue weighted by Gasteiger charge is 2.32. The summed E-state index contributed by atoms with van der Waals surface area (Å²) in [7, 11) is 1.57. The maximum Gasteiger partial charge on any atom is 0.343 e. The monoisotopic (exact) mass is 410 g/mol. The fourth-order valence-electron chi connectivity index (χ4n) is 4.37. The Hall–Kier alpha value is -2.49. The topological polar surface area (TPSA) is 48.7 Å². The maximum absolute atomic E-state index is 11.7. The fraction of sp³-hybridized carbons (Fsp3) is 0.500. The van der Waals surface area contributed by atoms with Crippen molar-refractivity contribution in [3.63, 3.8) is 0 Å². The summed E-state index contributed by atoms with van der Waals surface area (Å²) in [6, 6.07) is 2.11. The van der Waals surface area contributed by atoms with Crippen molar-refractivity contribution in [3.8, 4) is 0 Å². The first kappa shape index (κ1) is 22.2. The van der Waals surface area contributed by atoms with E-state index in [1.165, 1.54) is 17.6 Å². The molecular weight excluding hydrogens is 376 g/mol. The standard InChI is InChI=1S/C26H34O4/c1-18(11-7-14-26(4)15-8-12-21-13-16-29-24(21)26)9-6-10-19(2)17-22-23(28-5)20(3)25(27)30-22/h7,11,13-14,16-17,19H,6,8-10,12,15H2,1-5H3/b14-7+,18-11+,22-17-/t19-,26+/m0/s1. The molecule has 1 aromatic heterocycles. The molecule has 3 rings (SSSR count). The van der Waals surface area contributed by atoms with Crippen LogP contribution in [0.1, 0.15) is 71.1 Å². The van der Waals surface area contributed by atoms with Crippen LogP contribution in [0, 0.1) is 5.92 Å². The molecule has 162 valence electrons. The largest absolute Gasteiger partial charge is 0.492 e. The Balaban J connectivity index is 1.50. The van der Waals surface area contributed by atoms with E-state index >= 15 is 0 Å². The van der Waals surface area contributed by atoms with Gasteiger partial charge in [-0.1, -0.05) is 30.7 Å². The second kappa shape index (κ2) is 9.55. The minimum absolute atomic E-state index is 0.00200. The number of ether oxygens (including phenoxy) is 2. The molecule has 1 aliphatic heterocycles. The Morgan fingerprint density at radius 3 is 2.97 bits per heavy atom. The number of hydrogen-bond donors (Lipinski definition) is 0. The Morgan fingerprint density at radius 1 is 1.40 bits per heavy atom. The average molecular weight is 411 g/mol. The van der Waals surface area contributed by atoms with E-state index in [2.05, 4.69) is 45.1 Å². The van der Waals surface area contributed by atoms with Crippen molar-refractivity contribution in [2.24, 2.45) is 5.92 Å². The smallest absolute Gasteiger partial charge is 0.343 e. The predicted molar refractivity (Wildman–Crippen MR) is 119 cm³/mol. The van der Waals surface area contributed by atoms with E-state index in [1.54, 1.807) is 14.0 Å². The zero-order valence-electron chi connectivity index (χ0n) is 18.9. The average Bonchev–Trinajstić information content (AvgIpc) is 3.28. The third-order valence-corrected chi connectivity index (χ3v) is 6.20. The molecule has 0 bridgehead atoms. The fourth-order valence-corrected chi connectivity index (χ4v) is 4.37. The summed E-state index contributed by atoms with van der Waals surface area (Å²) in [6.45, 7) is 8.33. The Kier molecular flexibility index (Phi) is 7.06. The molecule has 0 saturated carbocycles. The molecule has 0 fully saturated rings. The molecule has 4 heteroatoms. The first-order valence-corrected chi connectivity index (χ1v) is 10.9. The minimum atomic E-state index is -0.316. The highest BCUT2D eigenvalue weighted by Crippen LogP contribution is 2.39. The molecule has 0 unspecified atom stereocenters. The van der Waals surface area contributed by atoms with Gasteiger partial charge in [0.15, 0.2) is 11.5 Å². The van der Waals surface area contributed by atoms with Gasteiger partial charge in [-0.2, -0.15) is 0 Å². The highest BCUT2D eigenvalue weighted by atomic mass is 16.6. The van der Waals surface area contributed by atoms with E-state index in [0.717, 1.165) is 37.9 Å². The highest BCUT2D eigenvalue weighted by molar-refractivity contribution is 5.93. The number of allylic oxidation sites excluding steroid dienone is 5. The van der Waals surface area contributed by atoms with Gasteiger partial charge in [0.25, 0.3) is 0 Å². The van der Waals surface area contributed by atoms with Crippen LogP contribution in [0.25, 0.3) is 0 Å². The lowest BCUT2D eigenvalue weighted by Gasteiger charge is -2.29. The third kappa shape index (κ3) is 4.97. The van der Waals surface area contributed by atoms with Crippen LogP contribution in [0.3, 0.4) is 0 Å². The quantitative estimate of drug-likeness (QED) is 0.360. The number of esters is 1. The van der Waals surface area contributed by atoms with E-state index in [9.17, 15) is 4.79 Å². The van der Waals surface area contributed by atoms with Gasteiger partial charge < -0.3 is 13.9 Å². The molecule has 0 radical (unpaired) electrons. The molecule has 0 spiro atoms. The van der Waals surface area contributed by atoms with Crippen LogP contribution < -0.4 is 0 Å². The molecule has 0 saturated heterocycles. The molecule has 4 nitrogen and oxygen atoms in total. The first-order chi connectivity index (χ1) is 14.3. The number of furan rings is 1. The normalized spacial score (nSPS) is 24.5. The lowest BCUT2D eigenvalue weighted by molar-refractivity contribution is -0.133. The Bertz CT molecular complexity index is 896. The first-order valence-electron chi connectivity index (χ1n) is 10.9. The van der Waals surface area contributed by atoms with Crippen LogP contribution >= 0.6 is 0 Å².